The summed E-state index contributed by atoms with van der Waals surface area (Å²) in [5.41, 5.74) is 7.02. The minimum atomic E-state index is -0.212. The third-order valence-corrected chi connectivity index (χ3v) is 3.38. The van der Waals surface area contributed by atoms with Crippen molar-refractivity contribution in [2.75, 3.05) is 0 Å². The highest BCUT2D eigenvalue weighted by Gasteiger charge is 2.14. The molecule has 19 heavy (non-hydrogen) atoms. The third kappa shape index (κ3) is 3.16. The second-order valence-corrected chi connectivity index (χ2v) is 4.73. The summed E-state index contributed by atoms with van der Waals surface area (Å²) in [6, 6.07) is 6.75. The summed E-state index contributed by atoms with van der Waals surface area (Å²) in [6.07, 6.45) is 4.28. The quantitative estimate of drug-likeness (QED) is 0.655. The Labute approximate surface area is 112 Å². The topological polar surface area (TPSA) is 50.9 Å². The van der Waals surface area contributed by atoms with Crippen molar-refractivity contribution in [2.45, 2.75) is 26.3 Å². The van der Waals surface area contributed by atoms with Crippen LogP contribution in [0, 0.1) is 19.7 Å². The molecule has 0 aliphatic heterocycles. The van der Waals surface area contributed by atoms with Crippen LogP contribution >= 0.6 is 0 Å². The average molecular weight is 259 g/mol. The van der Waals surface area contributed by atoms with Crippen LogP contribution in [0.15, 0.2) is 36.7 Å². The number of hydrazine groups is 1. The van der Waals surface area contributed by atoms with Crippen molar-refractivity contribution in [1.82, 2.24) is 10.4 Å². The second kappa shape index (κ2) is 5.91. The van der Waals surface area contributed by atoms with Gasteiger partial charge in [0, 0.05) is 12.4 Å². The molecule has 0 spiro atoms. The summed E-state index contributed by atoms with van der Waals surface area (Å²) in [6.45, 7) is 3.93. The Morgan fingerprint density at radius 2 is 2.05 bits per heavy atom. The SMILES string of the molecule is Cc1cc(F)ccc1CC(NN)c1cnccc1C. The van der Waals surface area contributed by atoms with Crippen molar-refractivity contribution in [3.05, 3.63) is 64.7 Å². The van der Waals surface area contributed by atoms with E-state index < -0.39 is 0 Å². The van der Waals surface area contributed by atoms with Crippen LogP contribution in [0.1, 0.15) is 28.3 Å². The lowest BCUT2D eigenvalue weighted by Gasteiger charge is -2.19. The van der Waals surface area contributed by atoms with Crippen molar-refractivity contribution >= 4 is 0 Å². The number of nitrogens with zero attached hydrogens (tertiary/aromatic N) is 1. The minimum Gasteiger partial charge on any atom is -0.271 e. The smallest absolute Gasteiger partial charge is 0.123 e. The van der Waals surface area contributed by atoms with E-state index in [-0.39, 0.29) is 11.9 Å². The molecule has 4 heteroatoms. The number of nitrogens with two attached hydrogens (primary N) is 1. The lowest BCUT2D eigenvalue weighted by atomic mass is 9.95. The number of halogens is 1. The predicted molar refractivity (Wildman–Crippen MR) is 73.9 cm³/mol. The number of aryl methyl sites for hydroxylation is 2. The molecular weight excluding hydrogens is 241 g/mol. The van der Waals surface area contributed by atoms with Crippen LogP contribution in [-0.4, -0.2) is 4.98 Å². The first-order valence-electron chi connectivity index (χ1n) is 6.23. The Balaban J connectivity index is 2.27. The van der Waals surface area contributed by atoms with Crippen molar-refractivity contribution in [3.8, 4) is 0 Å². The molecule has 0 saturated carbocycles. The zero-order valence-electron chi connectivity index (χ0n) is 11.2. The molecule has 0 aliphatic carbocycles. The van der Waals surface area contributed by atoms with Gasteiger partial charge in [-0.3, -0.25) is 16.3 Å². The fraction of sp³-hybridized carbons (Fsp3) is 0.267. The van der Waals surface area contributed by atoms with Crippen LogP contribution in [-0.2, 0) is 6.42 Å². The first-order chi connectivity index (χ1) is 9.11. The molecule has 0 radical (unpaired) electrons. The lowest BCUT2D eigenvalue weighted by Crippen LogP contribution is -2.30. The fourth-order valence-electron chi connectivity index (χ4n) is 2.21. The number of hydrogen-bond donors (Lipinski definition) is 2. The first-order valence-corrected chi connectivity index (χ1v) is 6.23. The van der Waals surface area contributed by atoms with E-state index in [0.29, 0.717) is 6.42 Å². The van der Waals surface area contributed by atoms with Crippen LogP contribution < -0.4 is 11.3 Å². The van der Waals surface area contributed by atoms with Gasteiger partial charge in [0.15, 0.2) is 0 Å². The molecule has 1 aromatic heterocycles. The molecule has 2 rings (SSSR count). The molecule has 1 atom stereocenters. The molecule has 100 valence electrons. The van der Waals surface area contributed by atoms with Crippen LogP contribution in [0.2, 0.25) is 0 Å². The predicted octanol–water partition coefficient (Wildman–Crippen LogP) is 2.58. The van der Waals surface area contributed by atoms with Gasteiger partial charge in [0.05, 0.1) is 6.04 Å². The number of hydrogen-bond acceptors (Lipinski definition) is 3. The molecular formula is C15H18FN3. The summed E-state index contributed by atoms with van der Waals surface area (Å²) in [4.78, 5) is 4.14. The number of rotatable bonds is 4. The molecule has 1 unspecified atom stereocenters. The third-order valence-electron chi connectivity index (χ3n) is 3.38. The Morgan fingerprint density at radius 1 is 1.26 bits per heavy atom. The minimum absolute atomic E-state index is 0.0298. The molecule has 3 N–H and O–H groups in total. The fourth-order valence-corrected chi connectivity index (χ4v) is 2.21. The van der Waals surface area contributed by atoms with E-state index in [9.17, 15) is 4.39 Å². The largest absolute Gasteiger partial charge is 0.271 e. The van der Waals surface area contributed by atoms with Gasteiger partial charge in [-0.15, -0.1) is 0 Å². The Hall–Kier alpha value is -1.78. The molecule has 2 aromatic rings. The zero-order chi connectivity index (χ0) is 13.8. The van der Waals surface area contributed by atoms with E-state index >= 15 is 0 Å². The van der Waals surface area contributed by atoms with Crippen LogP contribution in [0.25, 0.3) is 0 Å². The first kappa shape index (κ1) is 13.6. The van der Waals surface area contributed by atoms with Gasteiger partial charge in [-0.25, -0.2) is 4.39 Å². The molecule has 1 aromatic carbocycles. The maximum Gasteiger partial charge on any atom is 0.123 e. The number of nitrogens with one attached hydrogen (secondary N) is 1. The molecule has 3 nitrogen and oxygen atoms in total. The molecule has 0 aliphatic rings. The number of aromatic nitrogens is 1. The van der Waals surface area contributed by atoms with E-state index in [4.69, 9.17) is 5.84 Å². The van der Waals surface area contributed by atoms with Gasteiger partial charge in [0.2, 0.25) is 0 Å². The van der Waals surface area contributed by atoms with Gasteiger partial charge in [-0.1, -0.05) is 6.07 Å². The Bertz CT molecular complexity index is 569. The Morgan fingerprint density at radius 3 is 2.68 bits per heavy atom. The highest BCUT2D eigenvalue weighted by molar-refractivity contribution is 5.31. The highest BCUT2D eigenvalue weighted by atomic mass is 19.1. The average Bonchev–Trinajstić information content (AvgIpc) is 2.39. The lowest BCUT2D eigenvalue weighted by molar-refractivity contribution is 0.545. The van der Waals surface area contributed by atoms with E-state index in [2.05, 4.69) is 10.4 Å². The van der Waals surface area contributed by atoms with E-state index in [1.165, 1.54) is 6.07 Å². The van der Waals surface area contributed by atoms with Crippen molar-refractivity contribution in [3.63, 3.8) is 0 Å². The molecule has 1 heterocycles. The summed E-state index contributed by atoms with van der Waals surface area (Å²) in [5, 5.41) is 0. The van der Waals surface area contributed by atoms with Crippen molar-refractivity contribution in [2.24, 2.45) is 5.84 Å². The van der Waals surface area contributed by atoms with E-state index in [1.807, 2.05) is 26.1 Å². The molecule has 0 bridgehead atoms. The normalized spacial score (nSPS) is 12.4. The van der Waals surface area contributed by atoms with E-state index in [0.717, 1.165) is 22.3 Å². The summed E-state index contributed by atoms with van der Waals surface area (Å²) < 4.78 is 13.1. The maximum atomic E-state index is 13.1. The van der Waals surface area contributed by atoms with Crippen molar-refractivity contribution < 1.29 is 4.39 Å². The van der Waals surface area contributed by atoms with Gasteiger partial charge in [-0.05, 0) is 60.7 Å². The maximum absolute atomic E-state index is 13.1. The standard InChI is InChI=1S/C15H18FN3/c1-10-5-6-18-9-14(10)15(19-17)8-12-3-4-13(16)7-11(12)2/h3-7,9,15,19H,8,17H2,1-2H3. The number of benzene rings is 1. The van der Waals surface area contributed by atoms with E-state index in [1.54, 1.807) is 18.3 Å². The Kier molecular flexibility index (Phi) is 4.24. The summed E-state index contributed by atoms with van der Waals surface area (Å²) in [5.74, 6) is 5.44. The molecule has 0 saturated heterocycles. The van der Waals surface area contributed by atoms with Gasteiger partial charge in [0.1, 0.15) is 5.82 Å². The number of pyridine rings is 1. The van der Waals surface area contributed by atoms with Gasteiger partial charge >= 0.3 is 0 Å². The highest BCUT2D eigenvalue weighted by Crippen LogP contribution is 2.22. The van der Waals surface area contributed by atoms with Gasteiger partial charge in [0.25, 0.3) is 0 Å². The molecule has 0 amide bonds. The van der Waals surface area contributed by atoms with Gasteiger partial charge in [-0.2, -0.15) is 0 Å². The van der Waals surface area contributed by atoms with Crippen LogP contribution in [0.3, 0.4) is 0 Å². The zero-order valence-corrected chi connectivity index (χ0v) is 11.2. The van der Waals surface area contributed by atoms with Crippen LogP contribution in [0.5, 0.6) is 0 Å². The summed E-state index contributed by atoms with van der Waals surface area (Å²) >= 11 is 0. The second-order valence-electron chi connectivity index (χ2n) is 4.73. The van der Waals surface area contributed by atoms with Crippen LogP contribution in [0.4, 0.5) is 4.39 Å². The monoisotopic (exact) mass is 259 g/mol. The van der Waals surface area contributed by atoms with Crippen molar-refractivity contribution in [1.29, 1.82) is 0 Å². The summed E-state index contributed by atoms with van der Waals surface area (Å²) in [7, 11) is 0. The molecule has 0 fully saturated rings. The van der Waals surface area contributed by atoms with Gasteiger partial charge < -0.3 is 0 Å².